The number of carboxylic acid groups (broad SMARTS) is 1. The second-order valence-electron chi connectivity index (χ2n) is 8.71. The van der Waals surface area contributed by atoms with E-state index < -0.39 is 5.97 Å². The van der Waals surface area contributed by atoms with E-state index in [-0.39, 0.29) is 0 Å². The number of nitrogens with one attached hydrogen (secondary N) is 1. The first-order chi connectivity index (χ1) is 16.2. The molecule has 0 saturated carbocycles. The molecular weight excluding hydrogens is 408 g/mol. The van der Waals surface area contributed by atoms with Gasteiger partial charge in [-0.25, -0.2) is 4.98 Å². The minimum Gasteiger partial charge on any atom is -0.481 e. The van der Waals surface area contributed by atoms with Gasteiger partial charge in [-0.15, -0.1) is 0 Å². The van der Waals surface area contributed by atoms with Crippen LogP contribution in [-0.4, -0.2) is 16.1 Å². The van der Waals surface area contributed by atoms with Crippen LogP contribution in [0.4, 0.5) is 11.4 Å². The number of nitrogens with zero attached hydrogens (tertiary/aromatic N) is 1. The maximum absolute atomic E-state index is 10.5. The Morgan fingerprint density at radius 1 is 0.697 bits per heavy atom. The van der Waals surface area contributed by atoms with Gasteiger partial charge in [0.05, 0.1) is 16.7 Å². The monoisotopic (exact) mass is 440 g/mol. The van der Waals surface area contributed by atoms with Crippen LogP contribution in [0.3, 0.4) is 0 Å². The molecule has 0 saturated heterocycles. The number of aryl methyl sites for hydroxylation is 1. The van der Waals surface area contributed by atoms with E-state index in [0.717, 1.165) is 58.9 Å². The second-order valence-corrected chi connectivity index (χ2v) is 8.71. The van der Waals surface area contributed by atoms with Crippen molar-refractivity contribution in [3.8, 4) is 0 Å². The van der Waals surface area contributed by atoms with Gasteiger partial charge in [-0.05, 0) is 49.1 Å². The SMILES string of the molecule is O=C(O)CCCCCCCCCc1ccc(Nc2c3ccccc3nc3ccccc23)cc1. The molecule has 0 aliphatic carbocycles. The van der Waals surface area contributed by atoms with Crippen molar-refractivity contribution in [2.75, 3.05) is 5.32 Å². The smallest absolute Gasteiger partial charge is 0.303 e. The Labute approximate surface area is 195 Å². The van der Waals surface area contributed by atoms with Gasteiger partial charge < -0.3 is 10.4 Å². The van der Waals surface area contributed by atoms with Crippen LogP contribution in [0.2, 0.25) is 0 Å². The molecule has 1 aromatic heterocycles. The molecule has 0 fully saturated rings. The number of fused-ring (bicyclic) bond motifs is 2. The van der Waals surface area contributed by atoms with Crippen molar-refractivity contribution < 1.29 is 9.90 Å². The zero-order chi connectivity index (χ0) is 22.9. The van der Waals surface area contributed by atoms with Crippen LogP contribution in [0.1, 0.15) is 56.9 Å². The Hall–Kier alpha value is -3.40. The first-order valence-corrected chi connectivity index (χ1v) is 12.1. The summed E-state index contributed by atoms with van der Waals surface area (Å²) in [6.45, 7) is 0. The third-order valence-corrected chi connectivity index (χ3v) is 6.17. The fourth-order valence-electron chi connectivity index (χ4n) is 4.36. The number of rotatable bonds is 12. The Kier molecular flexibility index (Phi) is 7.91. The van der Waals surface area contributed by atoms with E-state index >= 15 is 0 Å². The summed E-state index contributed by atoms with van der Waals surface area (Å²) in [7, 11) is 0. The van der Waals surface area contributed by atoms with Crippen molar-refractivity contribution in [2.24, 2.45) is 0 Å². The summed E-state index contributed by atoms with van der Waals surface area (Å²) >= 11 is 0. The summed E-state index contributed by atoms with van der Waals surface area (Å²) in [6.07, 6.45) is 9.25. The van der Waals surface area contributed by atoms with E-state index in [9.17, 15) is 4.79 Å². The van der Waals surface area contributed by atoms with Crippen molar-refractivity contribution in [3.05, 3.63) is 78.4 Å². The van der Waals surface area contributed by atoms with E-state index in [0.29, 0.717) is 6.42 Å². The number of anilines is 2. The fraction of sp³-hybridized carbons (Fsp3) is 0.310. The van der Waals surface area contributed by atoms with Gasteiger partial charge in [-0.2, -0.15) is 0 Å². The molecule has 4 rings (SSSR count). The number of aliphatic carboxylic acids is 1. The Morgan fingerprint density at radius 3 is 1.85 bits per heavy atom. The molecule has 0 atom stereocenters. The Morgan fingerprint density at radius 2 is 1.24 bits per heavy atom. The van der Waals surface area contributed by atoms with E-state index in [2.05, 4.69) is 66.0 Å². The summed E-state index contributed by atoms with van der Waals surface area (Å²) in [5.41, 5.74) is 5.55. The summed E-state index contributed by atoms with van der Waals surface area (Å²) < 4.78 is 0. The third-order valence-electron chi connectivity index (χ3n) is 6.17. The first-order valence-electron chi connectivity index (χ1n) is 12.1. The molecule has 3 aromatic carbocycles. The van der Waals surface area contributed by atoms with Gasteiger partial charge in [0.15, 0.2) is 0 Å². The second kappa shape index (κ2) is 11.5. The third kappa shape index (κ3) is 6.32. The molecule has 4 aromatic rings. The molecule has 2 N–H and O–H groups in total. The van der Waals surface area contributed by atoms with Crippen LogP contribution in [0.25, 0.3) is 21.8 Å². The number of para-hydroxylation sites is 2. The Balaban J connectivity index is 1.30. The van der Waals surface area contributed by atoms with Crippen LogP contribution in [0.15, 0.2) is 72.8 Å². The number of pyridine rings is 1. The minimum absolute atomic E-state index is 0.304. The van der Waals surface area contributed by atoms with Crippen molar-refractivity contribution in [3.63, 3.8) is 0 Å². The summed E-state index contributed by atoms with van der Waals surface area (Å²) in [6, 6.07) is 25.3. The number of hydrogen-bond donors (Lipinski definition) is 2. The normalized spacial score (nSPS) is 11.2. The molecule has 33 heavy (non-hydrogen) atoms. The van der Waals surface area contributed by atoms with Gasteiger partial charge in [0.25, 0.3) is 0 Å². The molecule has 0 unspecified atom stereocenters. The van der Waals surface area contributed by atoms with Crippen molar-refractivity contribution in [1.29, 1.82) is 0 Å². The van der Waals surface area contributed by atoms with Gasteiger partial charge in [0.1, 0.15) is 0 Å². The van der Waals surface area contributed by atoms with Crippen LogP contribution >= 0.6 is 0 Å². The highest BCUT2D eigenvalue weighted by atomic mass is 16.4. The van der Waals surface area contributed by atoms with Gasteiger partial charge in [0.2, 0.25) is 0 Å². The summed E-state index contributed by atoms with van der Waals surface area (Å²) in [4.78, 5) is 15.3. The molecule has 170 valence electrons. The number of aromatic nitrogens is 1. The van der Waals surface area contributed by atoms with E-state index in [4.69, 9.17) is 10.1 Å². The minimum atomic E-state index is -0.682. The van der Waals surface area contributed by atoms with Crippen molar-refractivity contribution in [2.45, 2.75) is 57.8 Å². The van der Waals surface area contributed by atoms with Gasteiger partial charge in [-0.3, -0.25) is 4.79 Å². The quantitative estimate of drug-likeness (QED) is 0.174. The van der Waals surface area contributed by atoms with Gasteiger partial charge in [-0.1, -0.05) is 80.6 Å². The van der Waals surface area contributed by atoms with Gasteiger partial charge >= 0.3 is 5.97 Å². The molecule has 1 heterocycles. The topological polar surface area (TPSA) is 62.2 Å². The van der Waals surface area contributed by atoms with E-state index in [1.54, 1.807) is 0 Å². The lowest BCUT2D eigenvalue weighted by Gasteiger charge is -2.13. The predicted molar refractivity (Wildman–Crippen MR) is 137 cm³/mol. The van der Waals surface area contributed by atoms with Crippen molar-refractivity contribution >= 4 is 39.1 Å². The standard InChI is InChI=1S/C29H32N2O2/c32-28(33)17-7-5-3-1-2-4-6-12-22-18-20-23(21-19-22)30-29-24-13-8-10-15-26(24)31-27-16-11-9-14-25(27)29/h8-11,13-16,18-21H,1-7,12,17H2,(H,30,31)(H,32,33). The van der Waals surface area contributed by atoms with Crippen LogP contribution in [-0.2, 0) is 11.2 Å². The molecule has 0 radical (unpaired) electrons. The maximum atomic E-state index is 10.5. The number of hydrogen-bond acceptors (Lipinski definition) is 3. The molecule has 0 aliphatic rings. The number of carbonyl (C=O) groups is 1. The zero-order valence-electron chi connectivity index (χ0n) is 19.1. The molecule has 4 heteroatoms. The predicted octanol–water partition coefficient (Wildman–Crippen LogP) is 7.88. The highest BCUT2D eigenvalue weighted by Crippen LogP contribution is 2.33. The molecule has 0 aliphatic heterocycles. The lowest BCUT2D eigenvalue weighted by atomic mass is 10.0. The number of benzene rings is 3. The zero-order valence-corrected chi connectivity index (χ0v) is 19.1. The van der Waals surface area contributed by atoms with Crippen molar-refractivity contribution in [1.82, 2.24) is 4.98 Å². The molecular formula is C29H32N2O2. The molecule has 4 nitrogen and oxygen atoms in total. The van der Waals surface area contributed by atoms with E-state index in [1.807, 2.05) is 12.1 Å². The highest BCUT2D eigenvalue weighted by molar-refractivity contribution is 6.08. The van der Waals surface area contributed by atoms with Crippen LogP contribution in [0, 0.1) is 0 Å². The van der Waals surface area contributed by atoms with Crippen LogP contribution < -0.4 is 5.32 Å². The van der Waals surface area contributed by atoms with Crippen LogP contribution in [0.5, 0.6) is 0 Å². The Bertz CT molecular complexity index is 1150. The molecule has 0 spiro atoms. The van der Waals surface area contributed by atoms with E-state index in [1.165, 1.54) is 31.2 Å². The molecule has 0 bridgehead atoms. The molecule has 0 amide bonds. The first kappa shape index (κ1) is 22.8. The largest absolute Gasteiger partial charge is 0.481 e. The lowest BCUT2D eigenvalue weighted by molar-refractivity contribution is -0.137. The van der Waals surface area contributed by atoms with Gasteiger partial charge in [0, 0.05) is 22.9 Å². The highest BCUT2D eigenvalue weighted by Gasteiger charge is 2.09. The average molecular weight is 441 g/mol. The lowest BCUT2D eigenvalue weighted by Crippen LogP contribution is -1.96. The number of carboxylic acids is 1. The average Bonchev–Trinajstić information content (AvgIpc) is 2.83. The summed E-state index contributed by atoms with van der Waals surface area (Å²) in [5, 5.41) is 14.6. The number of unbranched alkanes of at least 4 members (excludes halogenated alkanes) is 6. The fourth-order valence-corrected chi connectivity index (χ4v) is 4.36. The maximum Gasteiger partial charge on any atom is 0.303 e. The summed E-state index contributed by atoms with van der Waals surface area (Å²) in [5.74, 6) is -0.682.